The van der Waals surface area contributed by atoms with Gasteiger partial charge in [-0.15, -0.1) is 0 Å². The molecule has 51 heavy (non-hydrogen) atoms. The van der Waals surface area contributed by atoms with E-state index < -0.39 is 11.6 Å². The van der Waals surface area contributed by atoms with E-state index in [1.165, 1.54) is 11.8 Å². The summed E-state index contributed by atoms with van der Waals surface area (Å²) in [7, 11) is 1.69. The third-order valence-corrected chi connectivity index (χ3v) is 12.4. The molecule has 5 fully saturated rings. The monoisotopic (exact) mass is 703 g/mol. The van der Waals surface area contributed by atoms with Crippen LogP contribution < -0.4 is 9.64 Å². The van der Waals surface area contributed by atoms with Crippen LogP contribution in [0.5, 0.6) is 5.75 Å². The topological polar surface area (TPSA) is 89.8 Å². The first-order valence-corrected chi connectivity index (χ1v) is 18.7. The molecule has 4 saturated carbocycles. The quantitative estimate of drug-likeness (QED) is 0.223. The molecule has 5 aliphatic rings. The van der Waals surface area contributed by atoms with E-state index in [2.05, 4.69) is 42.1 Å². The fourth-order valence-electron chi connectivity index (χ4n) is 9.11. The Morgan fingerprint density at radius 3 is 2.29 bits per heavy atom. The summed E-state index contributed by atoms with van der Waals surface area (Å²) in [6.45, 7) is 9.82. The number of likely N-dealkylation sites (tertiary alicyclic amines) is 1. The number of benzene rings is 1. The van der Waals surface area contributed by atoms with Crippen molar-refractivity contribution in [2.24, 2.45) is 17.3 Å². The lowest BCUT2D eigenvalue weighted by Gasteiger charge is -2.55. The number of fused-ring (bicyclic) bond motifs is 3. The zero-order valence-corrected chi connectivity index (χ0v) is 30.6. The van der Waals surface area contributed by atoms with Crippen molar-refractivity contribution in [2.45, 2.75) is 109 Å². The van der Waals surface area contributed by atoms with E-state index in [9.17, 15) is 9.59 Å². The number of ether oxygens (including phenoxy) is 2. The molecule has 0 atom stereocenters. The predicted molar refractivity (Wildman–Crippen MR) is 191 cm³/mol. The van der Waals surface area contributed by atoms with Crippen molar-refractivity contribution in [3.8, 4) is 16.9 Å². The number of carbonyl (C=O) groups is 2. The minimum absolute atomic E-state index is 0.0128. The maximum Gasteiger partial charge on any atom is 0.410 e. The molecule has 1 saturated heterocycles. The van der Waals surface area contributed by atoms with E-state index in [-0.39, 0.29) is 52.3 Å². The molecule has 1 aromatic carbocycles. The highest BCUT2D eigenvalue weighted by atomic mass is 19.1. The Morgan fingerprint density at radius 1 is 1.02 bits per heavy atom. The Labute approximate surface area is 299 Å². The number of nitrogens with zero attached hydrogens (tertiary/aromatic N) is 5. The van der Waals surface area contributed by atoms with Gasteiger partial charge in [-0.1, -0.05) is 19.1 Å². The lowest BCUT2D eigenvalue weighted by Crippen LogP contribution is -2.52. The maximum atomic E-state index is 16.7. The molecule has 0 spiro atoms. The number of methoxy groups -OCH3 is 1. The fourth-order valence-corrected chi connectivity index (χ4v) is 9.11. The molecule has 11 heteroatoms. The lowest BCUT2D eigenvalue weighted by molar-refractivity contribution is -0.124. The summed E-state index contributed by atoms with van der Waals surface area (Å²) in [6, 6.07) is 6.52. The van der Waals surface area contributed by atoms with Gasteiger partial charge in [0.25, 0.3) is 0 Å². The van der Waals surface area contributed by atoms with Gasteiger partial charge in [0, 0.05) is 43.4 Å². The smallest absolute Gasteiger partial charge is 0.410 e. The largest absolute Gasteiger partial charge is 0.496 e. The second-order valence-corrected chi connectivity index (χ2v) is 16.2. The summed E-state index contributed by atoms with van der Waals surface area (Å²) in [5.41, 5.74) is 2.41. The summed E-state index contributed by atoms with van der Waals surface area (Å²) in [5, 5.41) is 4.31. The summed E-state index contributed by atoms with van der Waals surface area (Å²) in [5.74, 6) is -0.971. The molecule has 2 aromatic heterocycles. The number of hydrogen-bond acceptors (Lipinski definition) is 6. The van der Waals surface area contributed by atoms with Crippen LogP contribution in [0.25, 0.3) is 11.1 Å². The normalized spacial score (nSPS) is 26.2. The van der Waals surface area contributed by atoms with Crippen LogP contribution in [0.4, 0.5) is 19.4 Å². The lowest BCUT2D eigenvalue weighted by atomic mass is 9.51. The first-order valence-electron chi connectivity index (χ1n) is 18.7. The third-order valence-electron chi connectivity index (χ3n) is 12.4. The molecule has 0 unspecified atom stereocenters. The standard InChI is InChI=1S/C40H51F2N5O4/c1-25(2)47-23-29(19-44-47)34-32(41)20-43-36(35(34)42)46(37(48)28-6-9-31(10-7-28)51-38(49)45-21-26(3)22-45)24-39-12-15-40(16-13-39,17-14-39)30-8-11-33(50-5)27(4)18-30/h8,11,18-20,23,25-26,28,31H,6-7,9-10,12-17,21-22,24H2,1-5H3. The van der Waals surface area contributed by atoms with Gasteiger partial charge in [-0.3, -0.25) is 14.4 Å². The molecule has 0 radical (unpaired) electrons. The van der Waals surface area contributed by atoms with E-state index >= 15 is 8.78 Å². The van der Waals surface area contributed by atoms with Crippen molar-refractivity contribution in [3.05, 3.63) is 59.6 Å². The van der Waals surface area contributed by atoms with Gasteiger partial charge < -0.3 is 14.4 Å². The highest BCUT2D eigenvalue weighted by molar-refractivity contribution is 5.95. The Kier molecular flexibility index (Phi) is 9.60. The van der Waals surface area contributed by atoms with E-state index in [0.717, 1.165) is 56.0 Å². The van der Waals surface area contributed by atoms with Gasteiger partial charge in [-0.25, -0.2) is 18.6 Å². The minimum atomic E-state index is -0.843. The Bertz CT molecular complexity index is 1750. The second kappa shape index (κ2) is 13.8. The SMILES string of the molecule is COc1ccc(C23CCC(CN(C(=O)C4CCC(OC(=O)N5CC(C)C5)CC4)c4ncc(F)c(-c5cnn(C(C)C)c5)c4F)(CC2)CC3)cc1C. The zero-order valence-electron chi connectivity index (χ0n) is 30.6. The summed E-state index contributed by atoms with van der Waals surface area (Å²) in [6.07, 6.45) is 11.4. The van der Waals surface area contributed by atoms with E-state index in [1.807, 2.05) is 13.8 Å². The van der Waals surface area contributed by atoms with Crippen LogP contribution in [0, 0.1) is 35.8 Å². The number of aryl methyl sites for hydroxylation is 1. The predicted octanol–water partition coefficient (Wildman–Crippen LogP) is 8.39. The number of aromatic nitrogens is 3. The number of amides is 2. The number of carbonyl (C=O) groups excluding carboxylic acids is 2. The number of pyridine rings is 1. The van der Waals surface area contributed by atoms with Gasteiger partial charge in [0.1, 0.15) is 11.9 Å². The number of halogens is 2. The van der Waals surface area contributed by atoms with Gasteiger partial charge in [0.2, 0.25) is 5.91 Å². The van der Waals surface area contributed by atoms with E-state index in [1.54, 1.807) is 27.8 Å². The average Bonchev–Trinajstić information content (AvgIpc) is 3.61. The second-order valence-electron chi connectivity index (χ2n) is 16.2. The summed E-state index contributed by atoms with van der Waals surface area (Å²) < 4.78 is 45.1. The van der Waals surface area contributed by atoms with Gasteiger partial charge in [0.15, 0.2) is 17.5 Å². The van der Waals surface area contributed by atoms with Crippen LogP contribution in [0.3, 0.4) is 0 Å². The molecule has 2 amide bonds. The van der Waals surface area contributed by atoms with Crippen molar-refractivity contribution in [1.29, 1.82) is 0 Å². The zero-order chi connectivity index (χ0) is 36.1. The Hall–Kier alpha value is -4.02. The number of rotatable bonds is 9. The van der Waals surface area contributed by atoms with Crippen LogP contribution in [0.15, 0.2) is 36.8 Å². The van der Waals surface area contributed by atoms with Crippen molar-refractivity contribution in [1.82, 2.24) is 19.7 Å². The van der Waals surface area contributed by atoms with Gasteiger partial charge in [0.05, 0.1) is 25.1 Å². The first kappa shape index (κ1) is 35.4. The maximum absolute atomic E-state index is 16.7. The molecular formula is C40H51F2N5O4. The number of anilines is 1. The van der Waals surface area contributed by atoms with Gasteiger partial charge in [-0.2, -0.15) is 5.10 Å². The molecular weight excluding hydrogens is 652 g/mol. The molecule has 1 aliphatic heterocycles. The highest BCUT2D eigenvalue weighted by Gasteiger charge is 2.51. The molecule has 3 aromatic rings. The highest BCUT2D eigenvalue weighted by Crippen LogP contribution is 2.58. The molecule has 9 nitrogen and oxygen atoms in total. The molecule has 8 rings (SSSR count). The number of hydrogen-bond donors (Lipinski definition) is 0. The van der Waals surface area contributed by atoms with Crippen LogP contribution in [0.1, 0.15) is 102 Å². The molecule has 2 bridgehead atoms. The molecule has 3 heterocycles. The van der Waals surface area contributed by atoms with Crippen LogP contribution in [-0.2, 0) is 14.9 Å². The van der Waals surface area contributed by atoms with E-state index in [0.29, 0.717) is 56.8 Å². The molecule has 274 valence electrons. The van der Waals surface area contributed by atoms with Gasteiger partial charge >= 0.3 is 6.09 Å². The summed E-state index contributed by atoms with van der Waals surface area (Å²) in [4.78, 5) is 34.7. The van der Waals surface area contributed by atoms with Crippen LogP contribution in [0.2, 0.25) is 0 Å². The molecule has 4 aliphatic carbocycles. The van der Waals surface area contributed by atoms with Crippen molar-refractivity contribution in [2.75, 3.05) is 31.6 Å². The van der Waals surface area contributed by atoms with Crippen molar-refractivity contribution >= 4 is 17.8 Å². The Morgan fingerprint density at radius 2 is 1.71 bits per heavy atom. The molecule has 0 N–H and O–H groups in total. The van der Waals surface area contributed by atoms with Gasteiger partial charge in [-0.05, 0) is 119 Å². The minimum Gasteiger partial charge on any atom is -0.496 e. The first-order chi connectivity index (χ1) is 24.4. The van der Waals surface area contributed by atoms with E-state index in [4.69, 9.17) is 9.47 Å². The fraction of sp³-hybridized carbons (Fsp3) is 0.600. The van der Waals surface area contributed by atoms with Crippen molar-refractivity contribution < 1.29 is 27.8 Å². The summed E-state index contributed by atoms with van der Waals surface area (Å²) >= 11 is 0. The third kappa shape index (κ3) is 6.73. The Balaban J connectivity index is 1.14. The van der Waals surface area contributed by atoms with Crippen molar-refractivity contribution in [3.63, 3.8) is 0 Å². The van der Waals surface area contributed by atoms with Crippen LogP contribution in [-0.4, -0.2) is 64.5 Å². The average molecular weight is 704 g/mol. The van der Waals surface area contributed by atoms with Crippen LogP contribution >= 0.6 is 0 Å².